The molecular formula is C46H79O13P. The first-order chi connectivity index (χ1) is 28.9. The quantitative estimate of drug-likeness (QED) is 0.0151. The molecule has 0 aromatic heterocycles. The van der Waals surface area contributed by atoms with Gasteiger partial charge in [-0.15, -0.1) is 0 Å². The summed E-state index contributed by atoms with van der Waals surface area (Å²) in [5, 5.41) is 50.1. The molecule has 1 aliphatic rings. The molecule has 0 aromatic rings. The van der Waals surface area contributed by atoms with Crippen LogP contribution in [0.5, 0.6) is 0 Å². The molecule has 346 valence electrons. The number of phosphoric ester groups is 1. The van der Waals surface area contributed by atoms with E-state index in [1.165, 1.54) is 32.1 Å². The average Bonchev–Trinajstić information content (AvgIpc) is 3.23. The lowest BCUT2D eigenvalue weighted by atomic mass is 9.85. The summed E-state index contributed by atoms with van der Waals surface area (Å²) in [5.74, 6) is -1.15. The fraction of sp³-hybridized carbons (Fsp3) is 0.739. The molecule has 6 N–H and O–H groups in total. The third-order valence-electron chi connectivity index (χ3n) is 10.1. The van der Waals surface area contributed by atoms with Crippen LogP contribution in [0.1, 0.15) is 162 Å². The van der Waals surface area contributed by atoms with Crippen molar-refractivity contribution in [2.45, 2.75) is 204 Å². The van der Waals surface area contributed by atoms with E-state index in [9.17, 15) is 44.6 Å². The first-order valence-electron chi connectivity index (χ1n) is 22.6. The van der Waals surface area contributed by atoms with E-state index < -0.39 is 75.7 Å². The van der Waals surface area contributed by atoms with E-state index in [1.807, 2.05) is 0 Å². The van der Waals surface area contributed by atoms with Crippen molar-refractivity contribution in [3.8, 4) is 0 Å². The highest BCUT2D eigenvalue weighted by Crippen LogP contribution is 2.47. The standard InChI is InChI=1S/C46H79O13P/c1-3-5-7-9-11-13-15-17-19-20-21-23-24-26-28-30-32-34-39(47)56-36-38(37-57-60(54,55)59-46-44(52)42(50)41(49)43(51)45(46)53)58-40(48)35-33-31-29-27-25-22-18-16-14-12-10-8-6-4-2/h10-13,16-19,21,23,38,41-46,49-53H,3-9,14-15,20,22,24-37H2,1-2H3,(H,54,55)/b12-10-,13-11-,18-16-,19-17-,23-21-/t38-,41?,42-,43?,44?,45?,46?/m1/s1. The molecule has 0 aromatic carbocycles. The Morgan fingerprint density at radius 3 is 1.42 bits per heavy atom. The second-order valence-corrected chi connectivity index (χ2v) is 16.9. The molecular weight excluding hydrogens is 791 g/mol. The first-order valence-corrected chi connectivity index (χ1v) is 24.1. The number of ether oxygens (including phenoxy) is 2. The fourth-order valence-corrected chi connectivity index (χ4v) is 7.34. The van der Waals surface area contributed by atoms with Crippen LogP contribution in [0.3, 0.4) is 0 Å². The SMILES string of the molecule is CCCC/C=C\C/C=C\CCCCCCCC(=O)O[C@H](COC(=O)CCCCCC/C=C\C/C=C\C/C=C\CCCCC)COP(=O)(O)OC1C(O)C(O)C(O)[C@@H](O)C1O. The number of esters is 2. The van der Waals surface area contributed by atoms with E-state index in [2.05, 4.69) is 74.6 Å². The number of phosphoric acid groups is 1. The molecule has 8 atom stereocenters. The molecule has 1 aliphatic carbocycles. The van der Waals surface area contributed by atoms with Crippen molar-refractivity contribution in [2.75, 3.05) is 13.2 Å². The van der Waals surface area contributed by atoms with Crippen LogP contribution in [0, 0.1) is 0 Å². The van der Waals surface area contributed by atoms with Gasteiger partial charge in [0.25, 0.3) is 0 Å². The molecule has 0 aliphatic heterocycles. The van der Waals surface area contributed by atoms with E-state index in [1.54, 1.807) is 0 Å². The Hall–Kier alpha value is -2.45. The summed E-state index contributed by atoms with van der Waals surface area (Å²) in [6, 6.07) is 0. The minimum atomic E-state index is -5.13. The van der Waals surface area contributed by atoms with Crippen molar-refractivity contribution < 1.29 is 63.1 Å². The van der Waals surface area contributed by atoms with Gasteiger partial charge in [-0.2, -0.15) is 0 Å². The van der Waals surface area contributed by atoms with Crippen molar-refractivity contribution in [2.24, 2.45) is 0 Å². The summed E-state index contributed by atoms with van der Waals surface area (Å²) >= 11 is 0. The minimum absolute atomic E-state index is 0.0727. The van der Waals surface area contributed by atoms with Gasteiger partial charge in [0.2, 0.25) is 0 Å². The Bertz CT molecular complexity index is 1280. The van der Waals surface area contributed by atoms with Crippen molar-refractivity contribution in [3.05, 3.63) is 60.8 Å². The Morgan fingerprint density at radius 2 is 0.917 bits per heavy atom. The Labute approximate surface area is 360 Å². The van der Waals surface area contributed by atoms with Crippen LogP contribution >= 0.6 is 7.82 Å². The van der Waals surface area contributed by atoms with Crippen LogP contribution in [-0.4, -0.2) is 98.3 Å². The van der Waals surface area contributed by atoms with Crippen molar-refractivity contribution in [1.29, 1.82) is 0 Å². The molecule has 0 heterocycles. The van der Waals surface area contributed by atoms with E-state index in [0.29, 0.717) is 12.8 Å². The highest BCUT2D eigenvalue weighted by atomic mass is 31.2. The number of carbonyl (C=O) groups excluding carboxylic acids is 2. The molecule has 6 unspecified atom stereocenters. The zero-order chi connectivity index (χ0) is 44.3. The van der Waals surface area contributed by atoms with Gasteiger partial charge in [-0.1, -0.05) is 132 Å². The first kappa shape index (κ1) is 55.6. The molecule has 0 radical (unpaired) electrons. The number of aliphatic hydroxyl groups is 5. The normalized spacial score (nSPS) is 22.7. The molecule has 1 fully saturated rings. The summed E-state index contributed by atoms with van der Waals surface area (Å²) in [7, 11) is -5.13. The molecule has 14 heteroatoms. The molecule has 0 amide bonds. The van der Waals surface area contributed by atoms with Crippen LogP contribution in [-0.2, 0) is 32.7 Å². The van der Waals surface area contributed by atoms with Crippen LogP contribution in [0.15, 0.2) is 60.8 Å². The monoisotopic (exact) mass is 871 g/mol. The topological polar surface area (TPSA) is 210 Å². The number of allylic oxidation sites excluding steroid dienone is 10. The van der Waals surface area contributed by atoms with Gasteiger partial charge < -0.3 is 39.9 Å². The maximum absolute atomic E-state index is 12.8. The van der Waals surface area contributed by atoms with E-state index in [0.717, 1.165) is 89.9 Å². The summed E-state index contributed by atoms with van der Waals surface area (Å²) in [4.78, 5) is 35.7. The minimum Gasteiger partial charge on any atom is -0.462 e. The van der Waals surface area contributed by atoms with Crippen molar-refractivity contribution in [3.63, 3.8) is 0 Å². The molecule has 13 nitrogen and oxygen atoms in total. The predicted molar refractivity (Wildman–Crippen MR) is 235 cm³/mol. The maximum atomic E-state index is 12.8. The number of unbranched alkanes of at least 4 members (excludes halogenated alkanes) is 14. The van der Waals surface area contributed by atoms with Gasteiger partial charge >= 0.3 is 19.8 Å². The second-order valence-electron chi connectivity index (χ2n) is 15.5. The molecule has 60 heavy (non-hydrogen) atoms. The second kappa shape index (κ2) is 36.1. The number of aliphatic hydroxyl groups excluding tert-OH is 5. The van der Waals surface area contributed by atoms with Gasteiger partial charge in [-0.25, -0.2) is 4.57 Å². The average molecular weight is 871 g/mol. The van der Waals surface area contributed by atoms with Crippen molar-refractivity contribution >= 4 is 19.8 Å². The Balaban J connectivity index is 2.50. The molecule has 1 rings (SSSR count). The van der Waals surface area contributed by atoms with Gasteiger partial charge in [0.05, 0.1) is 6.61 Å². The van der Waals surface area contributed by atoms with E-state index >= 15 is 0 Å². The summed E-state index contributed by atoms with van der Waals surface area (Å²) in [6.07, 6.45) is 29.9. The highest BCUT2D eigenvalue weighted by molar-refractivity contribution is 7.47. The largest absolute Gasteiger partial charge is 0.472 e. The lowest BCUT2D eigenvalue weighted by Crippen LogP contribution is -2.64. The smallest absolute Gasteiger partial charge is 0.462 e. The lowest BCUT2D eigenvalue weighted by Gasteiger charge is -2.41. The van der Waals surface area contributed by atoms with Crippen molar-refractivity contribution in [1.82, 2.24) is 0 Å². The summed E-state index contributed by atoms with van der Waals surface area (Å²) < 4.78 is 33.5. The van der Waals surface area contributed by atoms with Gasteiger partial charge in [0.15, 0.2) is 6.10 Å². The Morgan fingerprint density at radius 1 is 0.517 bits per heavy atom. The van der Waals surface area contributed by atoms with Crippen LogP contribution in [0.25, 0.3) is 0 Å². The molecule has 0 saturated heterocycles. The zero-order valence-electron chi connectivity index (χ0n) is 36.5. The maximum Gasteiger partial charge on any atom is 0.472 e. The van der Waals surface area contributed by atoms with Gasteiger partial charge in [-0.05, 0) is 77.0 Å². The zero-order valence-corrected chi connectivity index (χ0v) is 37.4. The fourth-order valence-electron chi connectivity index (χ4n) is 6.37. The van der Waals surface area contributed by atoms with Crippen LogP contribution in [0.4, 0.5) is 0 Å². The third kappa shape index (κ3) is 28.2. The number of hydrogen-bond donors (Lipinski definition) is 6. The lowest BCUT2D eigenvalue weighted by molar-refractivity contribution is -0.220. The number of rotatable bonds is 36. The molecule has 0 spiro atoms. The highest BCUT2D eigenvalue weighted by Gasteiger charge is 2.51. The molecule has 1 saturated carbocycles. The van der Waals surface area contributed by atoms with E-state index in [4.69, 9.17) is 18.5 Å². The predicted octanol–water partition coefficient (Wildman–Crippen LogP) is 8.55. The molecule has 0 bridgehead atoms. The van der Waals surface area contributed by atoms with Crippen LogP contribution < -0.4 is 0 Å². The summed E-state index contributed by atoms with van der Waals surface area (Å²) in [6.45, 7) is 3.18. The van der Waals surface area contributed by atoms with Gasteiger partial charge in [0.1, 0.15) is 43.2 Å². The number of carbonyl (C=O) groups is 2. The van der Waals surface area contributed by atoms with Gasteiger partial charge in [0, 0.05) is 12.8 Å². The third-order valence-corrected chi connectivity index (χ3v) is 11.1. The van der Waals surface area contributed by atoms with Gasteiger partial charge in [-0.3, -0.25) is 18.6 Å². The van der Waals surface area contributed by atoms with E-state index in [-0.39, 0.29) is 12.8 Å². The number of hydrogen-bond acceptors (Lipinski definition) is 12. The van der Waals surface area contributed by atoms with Crippen LogP contribution in [0.2, 0.25) is 0 Å². The Kier molecular flexibility index (Phi) is 33.4. The summed E-state index contributed by atoms with van der Waals surface area (Å²) in [5.41, 5.74) is 0.